The third kappa shape index (κ3) is 5.51. The Morgan fingerprint density at radius 3 is 2.59 bits per heavy atom. The van der Waals surface area contributed by atoms with Crippen LogP contribution in [0.1, 0.15) is 23.6 Å². The fourth-order valence-corrected chi connectivity index (χ4v) is 3.58. The molecule has 4 nitrogen and oxygen atoms in total. The Balaban J connectivity index is 1.61. The minimum absolute atomic E-state index is 0.0139. The summed E-state index contributed by atoms with van der Waals surface area (Å²) in [5, 5.41) is 3.68. The van der Waals surface area contributed by atoms with E-state index in [0.717, 1.165) is 18.7 Å². The molecule has 1 aliphatic rings. The molecular formula is C21H24ClFN2O2. The molecule has 1 aliphatic heterocycles. The summed E-state index contributed by atoms with van der Waals surface area (Å²) in [6.07, 6.45) is 0.631. The maximum atomic E-state index is 13.7. The summed E-state index contributed by atoms with van der Waals surface area (Å²) in [6, 6.07) is 14.3. The molecule has 0 unspecified atom stereocenters. The zero-order chi connectivity index (χ0) is 19.1. The van der Waals surface area contributed by atoms with Crippen LogP contribution in [-0.4, -0.2) is 43.7 Å². The van der Waals surface area contributed by atoms with Gasteiger partial charge in [0.25, 0.3) is 0 Å². The van der Waals surface area contributed by atoms with Crippen molar-refractivity contribution >= 4 is 17.5 Å². The Hall–Kier alpha value is -1.95. The normalized spacial score (nSPS) is 16.1. The highest BCUT2D eigenvalue weighted by Gasteiger charge is 2.24. The van der Waals surface area contributed by atoms with Crippen LogP contribution in [0.5, 0.6) is 0 Å². The first kappa shape index (κ1) is 19.8. The zero-order valence-electron chi connectivity index (χ0n) is 15.2. The number of rotatable bonds is 7. The Kier molecular flexibility index (Phi) is 7.21. The predicted molar refractivity (Wildman–Crippen MR) is 104 cm³/mol. The van der Waals surface area contributed by atoms with Crippen LogP contribution >= 0.6 is 11.6 Å². The molecule has 0 aromatic heterocycles. The van der Waals surface area contributed by atoms with Crippen molar-refractivity contribution in [3.05, 3.63) is 70.5 Å². The van der Waals surface area contributed by atoms with Gasteiger partial charge in [-0.15, -0.1) is 0 Å². The smallest absolute Gasteiger partial charge is 0.220 e. The molecule has 3 rings (SSSR count). The highest BCUT2D eigenvalue weighted by Crippen LogP contribution is 2.27. The van der Waals surface area contributed by atoms with Gasteiger partial charge in [-0.1, -0.05) is 48.0 Å². The van der Waals surface area contributed by atoms with E-state index in [1.807, 2.05) is 24.3 Å². The lowest BCUT2D eigenvalue weighted by molar-refractivity contribution is -0.121. The van der Waals surface area contributed by atoms with Gasteiger partial charge in [-0.05, 0) is 29.7 Å². The van der Waals surface area contributed by atoms with Crippen LogP contribution in [0.15, 0.2) is 48.5 Å². The average molecular weight is 391 g/mol. The first-order valence-electron chi connectivity index (χ1n) is 9.21. The topological polar surface area (TPSA) is 41.6 Å². The largest absolute Gasteiger partial charge is 0.379 e. The molecule has 1 heterocycles. The van der Waals surface area contributed by atoms with Crippen LogP contribution < -0.4 is 5.32 Å². The van der Waals surface area contributed by atoms with E-state index in [2.05, 4.69) is 10.2 Å². The molecule has 0 bridgehead atoms. The number of amides is 1. The summed E-state index contributed by atoms with van der Waals surface area (Å²) in [7, 11) is 0. The number of benzene rings is 2. The van der Waals surface area contributed by atoms with Crippen LogP contribution in [0.4, 0.5) is 4.39 Å². The van der Waals surface area contributed by atoms with Gasteiger partial charge in [0.15, 0.2) is 0 Å². The molecular weight excluding hydrogens is 367 g/mol. The summed E-state index contributed by atoms with van der Waals surface area (Å²) < 4.78 is 19.1. The molecule has 6 heteroatoms. The Morgan fingerprint density at radius 1 is 1.15 bits per heavy atom. The summed E-state index contributed by atoms with van der Waals surface area (Å²) in [5.41, 5.74) is 1.55. The molecule has 27 heavy (non-hydrogen) atoms. The maximum Gasteiger partial charge on any atom is 0.220 e. The number of halogens is 2. The number of morpholine rings is 1. The first-order valence-corrected chi connectivity index (χ1v) is 9.59. The number of aryl methyl sites for hydroxylation is 1. The van der Waals surface area contributed by atoms with Crippen LogP contribution in [0.2, 0.25) is 5.02 Å². The van der Waals surface area contributed by atoms with Crippen LogP contribution in [-0.2, 0) is 16.0 Å². The van der Waals surface area contributed by atoms with E-state index in [1.165, 1.54) is 6.07 Å². The second kappa shape index (κ2) is 9.83. The summed E-state index contributed by atoms with van der Waals surface area (Å²) in [4.78, 5) is 14.6. The second-order valence-electron chi connectivity index (χ2n) is 6.58. The molecule has 2 aromatic rings. The van der Waals surface area contributed by atoms with E-state index in [-0.39, 0.29) is 24.2 Å². The average Bonchev–Trinajstić information content (AvgIpc) is 2.69. The van der Waals surface area contributed by atoms with E-state index in [0.29, 0.717) is 36.8 Å². The van der Waals surface area contributed by atoms with Crippen molar-refractivity contribution in [1.29, 1.82) is 0 Å². The van der Waals surface area contributed by atoms with E-state index < -0.39 is 0 Å². The van der Waals surface area contributed by atoms with Gasteiger partial charge in [0.2, 0.25) is 5.91 Å². The molecule has 0 radical (unpaired) electrons. The number of carbonyl (C=O) groups excluding carboxylic acids is 1. The monoisotopic (exact) mass is 390 g/mol. The number of nitrogens with one attached hydrogen (secondary N) is 1. The van der Waals surface area contributed by atoms with Gasteiger partial charge in [0.05, 0.1) is 19.3 Å². The lowest BCUT2D eigenvalue weighted by Gasteiger charge is -2.35. The summed E-state index contributed by atoms with van der Waals surface area (Å²) >= 11 is 6.40. The number of hydrogen-bond acceptors (Lipinski definition) is 3. The van der Waals surface area contributed by atoms with E-state index in [1.54, 1.807) is 18.2 Å². The van der Waals surface area contributed by atoms with Crippen LogP contribution in [0.3, 0.4) is 0 Å². The number of nitrogens with zero attached hydrogens (tertiary/aromatic N) is 1. The maximum absolute atomic E-state index is 13.7. The highest BCUT2D eigenvalue weighted by molar-refractivity contribution is 6.31. The summed E-state index contributed by atoms with van der Waals surface area (Å²) in [5.74, 6) is -0.365. The molecule has 0 saturated carbocycles. The first-order chi connectivity index (χ1) is 13.1. The summed E-state index contributed by atoms with van der Waals surface area (Å²) in [6.45, 7) is 3.38. The van der Waals surface area contributed by atoms with Crippen molar-refractivity contribution in [2.24, 2.45) is 0 Å². The van der Waals surface area contributed by atoms with Gasteiger partial charge in [0.1, 0.15) is 5.82 Å². The Bertz CT molecular complexity index is 765. The van der Waals surface area contributed by atoms with Gasteiger partial charge in [0, 0.05) is 31.1 Å². The van der Waals surface area contributed by atoms with Crippen molar-refractivity contribution in [2.45, 2.75) is 18.9 Å². The second-order valence-corrected chi connectivity index (χ2v) is 6.99. The fraction of sp³-hybridized carbons (Fsp3) is 0.381. The van der Waals surface area contributed by atoms with Crippen molar-refractivity contribution in [1.82, 2.24) is 10.2 Å². The third-order valence-electron chi connectivity index (χ3n) is 4.82. The van der Waals surface area contributed by atoms with E-state index >= 15 is 0 Å². The van der Waals surface area contributed by atoms with Gasteiger partial charge in [-0.3, -0.25) is 9.69 Å². The van der Waals surface area contributed by atoms with Crippen molar-refractivity contribution in [3.8, 4) is 0 Å². The molecule has 1 atom stereocenters. The zero-order valence-corrected chi connectivity index (χ0v) is 15.9. The van der Waals surface area contributed by atoms with E-state index in [9.17, 15) is 9.18 Å². The van der Waals surface area contributed by atoms with Crippen LogP contribution in [0, 0.1) is 5.82 Å². The van der Waals surface area contributed by atoms with Crippen molar-refractivity contribution < 1.29 is 13.9 Å². The number of hydrogen-bond donors (Lipinski definition) is 1. The third-order valence-corrected chi connectivity index (χ3v) is 5.17. The minimum atomic E-state index is -0.271. The van der Waals surface area contributed by atoms with Crippen molar-refractivity contribution in [3.63, 3.8) is 0 Å². The Morgan fingerprint density at radius 2 is 1.85 bits per heavy atom. The van der Waals surface area contributed by atoms with Gasteiger partial charge in [-0.25, -0.2) is 4.39 Å². The predicted octanol–water partition coefficient (Wildman–Crippen LogP) is 3.60. The number of carbonyl (C=O) groups is 1. The quantitative estimate of drug-likeness (QED) is 0.785. The lowest BCUT2D eigenvalue weighted by atomic mass is 10.0. The molecule has 144 valence electrons. The molecule has 1 amide bonds. The lowest BCUT2D eigenvalue weighted by Crippen LogP contribution is -2.44. The van der Waals surface area contributed by atoms with Crippen LogP contribution in [0.25, 0.3) is 0 Å². The molecule has 1 saturated heterocycles. The minimum Gasteiger partial charge on any atom is -0.379 e. The van der Waals surface area contributed by atoms with E-state index in [4.69, 9.17) is 16.3 Å². The molecule has 1 N–H and O–H groups in total. The molecule has 0 spiro atoms. The highest BCUT2D eigenvalue weighted by atomic mass is 35.5. The fourth-order valence-electron chi connectivity index (χ4n) is 3.32. The van der Waals surface area contributed by atoms with Gasteiger partial charge < -0.3 is 10.1 Å². The SMILES string of the molecule is O=C(CCc1ccccc1F)NC[C@H](c1ccccc1Cl)N1CCOCC1. The van der Waals surface area contributed by atoms with Gasteiger partial charge >= 0.3 is 0 Å². The standard InChI is InChI=1S/C21H24ClFN2O2/c22-18-7-3-2-6-17(18)20(25-11-13-27-14-12-25)15-24-21(26)10-9-16-5-1-4-8-19(16)23/h1-8,20H,9-15H2,(H,24,26)/t20-/m1/s1. The van der Waals surface area contributed by atoms with Crippen molar-refractivity contribution in [2.75, 3.05) is 32.8 Å². The number of ether oxygens (including phenoxy) is 1. The van der Waals surface area contributed by atoms with Gasteiger partial charge in [-0.2, -0.15) is 0 Å². The molecule has 1 fully saturated rings. The molecule has 2 aromatic carbocycles. The Labute approximate surface area is 164 Å². The molecule has 0 aliphatic carbocycles.